The predicted octanol–water partition coefficient (Wildman–Crippen LogP) is 4.28. The zero-order valence-corrected chi connectivity index (χ0v) is 16.4. The topological polar surface area (TPSA) is 66.5 Å². The first-order valence-corrected chi connectivity index (χ1v) is 10.4. The van der Waals surface area contributed by atoms with E-state index in [1.807, 2.05) is 0 Å². The number of carbonyl (C=O) groups is 1. The van der Waals surface area contributed by atoms with E-state index in [9.17, 15) is 13.2 Å². The van der Waals surface area contributed by atoms with Crippen molar-refractivity contribution in [3.8, 4) is 0 Å². The van der Waals surface area contributed by atoms with Gasteiger partial charge in [-0.1, -0.05) is 42.3 Å². The highest BCUT2D eigenvalue weighted by Crippen LogP contribution is 2.28. The number of rotatable bonds is 4. The van der Waals surface area contributed by atoms with Gasteiger partial charge in [-0.15, -0.1) is 0 Å². The largest absolute Gasteiger partial charge is 0.338 e. The van der Waals surface area contributed by atoms with E-state index < -0.39 is 10.0 Å². The van der Waals surface area contributed by atoms with Crippen LogP contribution in [0.5, 0.6) is 0 Å². The summed E-state index contributed by atoms with van der Waals surface area (Å²) in [7, 11) is -3.91. The van der Waals surface area contributed by atoms with Crippen LogP contribution in [0, 0.1) is 5.92 Å². The molecule has 1 amide bonds. The molecule has 1 unspecified atom stereocenters. The molecular weight excluding hydrogens is 395 g/mol. The number of hydrogen-bond acceptors (Lipinski definition) is 3. The summed E-state index contributed by atoms with van der Waals surface area (Å²) in [5, 5.41) is 0.411. The fraction of sp³-hybridized carbons (Fsp3) is 0.278. The SMILES string of the molecule is CC1CCN(C(=O)c2ccccc2NS(=O)(=O)c2ccc(Cl)c(Cl)c2)C1. The second-order valence-electron chi connectivity index (χ2n) is 6.37. The van der Waals surface area contributed by atoms with E-state index >= 15 is 0 Å². The average molecular weight is 413 g/mol. The molecule has 0 spiro atoms. The summed E-state index contributed by atoms with van der Waals surface area (Å²) in [5.74, 6) is 0.265. The minimum Gasteiger partial charge on any atom is -0.338 e. The van der Waals surface area contributed by atoms with Gasteiger partial charge in [-0.25, -0.2) is 8.42 Å². The number of nitrogens with one attached hydrogen (secondary N) is 1. The first-order valence-electron chi connectivity index (χ1n) is 8.14. The molecule has 0 bridgehead atoms. The summed E-state index contributed by atoms with van der Waals surface area (Å²) in [6.07, 6.45) is 0.947. The van der Waals surface area contributed by atoms with E-state index in [1.54, 1.807) is 29.2 Å². The van der Waals surface area contributed by atoms with Crippen LogP contribution in [-0.4, -0.2) is 32.3 Å². The lowest BCUT2D eigenvalue weighted by Gasteiger charge is -2.19. The molecule has 5 nitrogen and oxygen atoms in total. The van der Waals surface area contributed by atoms with E-state index in [1.165, 1.54) is 18.2 Å². The van der Waals surface area contributed by atoms with Crippen LogP contribution in [0.1, 0.15) is 23.7 Å². The highest BCUT2D eigenvalue weighted by atomic mass is 35.5. The van der Waals surface area contributed by atoms with Gasteiger partial charge >= 0.3 is 0 Å². The Morgan fingerprint density at radius 3 is 2.54 bits per heavy atom. The summed E-state index contributed by atoms with van der Waals surface area (Å²) in [4.78, 5) is 14.5. The number of likely N-dealkylation sites (tertiary alicyclic amines) is 1. The molecule has 1 atom stereocenters. The zero-order valence-electron chi connectivity index (χ0n) is 14.1. The Kier molecular flexibility index (Phi) is 5.46. The van der Waals surface area contributed by atoms with Gasteiger partial charge in [-0.2, -0.15) is 0 Å². The van der Waals surface area contributed by atoms with Gasteiger partial charge in [0.25, 0.3) is 15.9 Å². The lowest BCUT2D eigenvalue weighted by molar-refractivity contribution is 0.0789. The maximum absolute atomic E-state index is 12.8. The second-order valence-corrected chi connectivity index (χ2v) is 8.87. The Morgan fingerprint density at radius 2 is 1.88 bits per heavy atom. The third kappa shape index (κ3) is 3.98. The maximum atomic E-state index is 12.8. The van der Waals surface area contributed by atoms with E-state index in [2.05, 4.69) is 11.6 Å². The molecule has 1 N–H and O–H groups in total. The van der Waals surface area contributed by atoms with Crippen LogP contribution in [-0.2, 0) is 10.0 Å². The number of sulfonamides is 1. The molecule has 138 valence electrons. The van der Waals surface area contributed by atoms with Gasteiger partial charge in [0.1, 0.15) is 0 Å². The van der Waals surface area contributed by atoms with Crippen molar-refractivity contribution in [2.75, 3.05) is 17.8 Å². The molecule has 1 aliphatic rings. The number of nitrogens with zero attached hydrogens (tertiary/aromatic N) is 1. The first-order chi connectivity index (χ1) is 12.3. The summed E-state index contributed by atoms with van der Waals surface area (Å²) in [5.41, 5.74) is 0.563. The molecule has 0 aliphatic carbocycles. The van der Waals surface area contributed by atoms with Gasteiger partial charge in [0.05, 0.1) is 26.2 Å². The van der Waals surface area contributed by atoms with Crippen LogP contribution in [0.15, 0.2) is 47.4 Å². The Bertz CT molecular complexity index is 947. The highest BCUT2D eigenvalue weighted by Gasteiger charge is 2.27. The molecule has 0 saturated carbocycles. The quantitative estimate of drug-likeness (QED) is 0.814. The third-order valence-corrected chi connectivity index (χ3v) is 6.42. The number of anilines is 1. The van der Waals surface area contributed by atoms with Crippen molar-refractivity contribution in [3.63, 3.8) is 0 Å². The number of hydrogen-bond donors (Lipinski definition) is 1. The van der Waals surface area contributed by atoms with Crippen molar-refractivity contribution in [1.82, 2.24) is 4.90 Å². The second kappa shape index (κ2) is 7.47. The zero-order chi connectivity index (χ0) is 18.9. The van der Waals surface area contributed by atoms with Crippen molar-refractivity contribution in [3.05, 3.63) is 58.1 Å². The van der Waals surface area contributed by atoms with Gasteiger partial charge in [0.15, 0.2) is 0 Å². The van der Waals surface area contributed by atoms with Crippen LogP contribution in [0.25, 0.3) is 0 Å². The molecule has 1 saturated heterocycles. The van der Waals surface area contributed by atoms with Gasteiger partial charge in [0.2, 0.25) is 0 Å². The number of benzene rings is 2. The third-order valence-electron chi connectivity index (χ3n) is 4.31. The molecular formula is C18H18Cl2N2O3S. The molecule has 3 rings (SSSR count). The fourth-order valence-electron chi connectivity index (χ4n) is 2.90. The molecule has 0 aromatic heterocycles. The van der Waals surface area contributed by atoms with Crippen LogP contribution in [0.4, 0.5) is 5.69 Å². The van der Waals surface area contributed by atoms with Crippen LogP contribution < -0.4 is 4.72 Å². The number of carbonyl (C=O) groups excluding carboxylic acids is 1. The van der Waals surface area contributed by atoms with Crippen molar-refractivity contribution in [1.29, 1.82) is 0 Å². The summed E-state index contributed by atoms with van der Waals surface area (Å²) in [6.45, 7) is 3.44. The number of para-hydroxylation sites is 1. The minimum atomic E-state index is -3.91. The van der Waals surface area contributed by atoms with Crippen molar-refractivity contribution >= 4 is 44.8 Å². The summed E-state index contributed by atoms with van der Waals surface area (Å²) >= 11 is 11.8. The van der Waals surface area contributed by atoms with Crippen LogP contribution in [0.2, 0.25) is 10.0 Å². The first kappa shape index (κ1) is 19.0. The lowest BCUT2D eigenvalue weighted by Crippen LogP contribution is -2.29. The highest BCUT2D eigenvalue weighted by molar-refractivity contribution is 7.92. The van der Waals surface area contributed by atoms with Crippen molar-refractivity contribution in [2.24, 2.45) is 5.92 Å². The molecule has 1 fully saturated rings. The lowest BCUT2D eigenvalue weighted by atomic mass is 10.1. The normalized spacial score (nSPS) is 17.3. The molecule has 2 aromatic carbocycles. The molecule has 1 aliphatic heterocycles. The van der Waals surface area contributed by atoms with E-state index in [4.69, 9.17) is 23.2 Å². The van der Waals surface area contributed by atoms with Gasteiger partial charge in [-0.3, -0.25) is 9.52 Å². The molecule has 2 aromatic rings. The van der Waals surface area contributed by atoms with E-state index in [0.29, 0.717) is 24.6 Å². The van der Waals surface area contributed by atoms with Gasteiger partial charge < -0.3 is 4.90 Å². The maximum Gasteiger partial charge on any atom is 0.261 e. The summed E-state index contributed by atoms with van der Waals surface area (Å²) in [6, 6.07) is 10.6. The van der Waals surface area contributed by atoms with Gasteiger partial charge in [-0.05, 0) is 42.7 Å². The molecule has 1 heterocycles. The molecule has 26 heavy (non-hydrogen) atoms. The monoisotopic (exact) mass is 412 g/mol. The van der Waals surface area contributed by atoms with E-state index in [0.717, 1.165) is 6.42 Å². The smallest absolute Gasteiger partial charge is 0.261 e. The fourth-order valence-corrected chi connectivity index (χ4v) is 4.36. The Labute approximate surface area is 163 Å². The Hall–Kier alpha value is -1.76. The van der Waals surface area contributed by atoms with E-state index in [-0.39, 0.29) is 26.5 Å². The Morgan fingerprint density at radius 1 is 1.15 bits per heavy atom. The average Bonchev–Trinajstić information content (AvgIpc) is 3.03. The standard InChI is InChI=1S/C18H18Cl2N2O3S/c1-12-8-9-22(11-12)18(23)14-4-2-3-5-17(14)21-26(24,25)13-6-7-15(19)16(20)10-13/h2-7,10,12,21H,8-9,11H2,1H3. The number of halogens is 2. The van der Waals surface area contributed by atoms with Crippen LogP contribution >= 0.6 is 23.2 Å². The van der Waals surface area contributed by atoms with Gasteiger partial charge in [0, 0.05) is 13.1 Å². The van der Waals surface area contributed by atoms with Crippen molar-refractivity contribution in [2.45, 2.75) is 18.2 Å². The predicted molar refractivity (Wildman–Crippen MR) is 103 cm³/mol. The van der Waals surface area contributed by atoms with Crippen LogP contribution in [0.3, 0.4) is 0 Å². The molecule has 0 radical (unpaired) electrons. The number of amides is 1. The Balaban J connectivity index is 1.90. The molecule has 8 heteroatoms. The minimum absolute atomic E-state index is 0.0241. The van der Waals surface area contributed by atoms with Crippen molar-refractivity contribution < 1.29 is 13.2 Å². The summed E-state index contributed by atoms with van der Waals surface area (Å²) < 4.78 is 27.8.